The Labute approximate surface area is 130 Å². The summed E-state index contributed by atoms with van der Waals surface area (Å²) in [5.74, 6) is 0.538. The lowest BCUT2D eigenvalue weighted by molar-refractivity contribution is 0.0676. The summed E-state index contributed by atoms with van der Waals surface area (Å²) in [7, 11) is -3.02. The Kier molecular flexibility index (Phi) is 5.06. The van der Waals surface area contributed by atoms with E-state index in [1.165, 1.54) is 38.4 Å². The van der Waals surface area contributed by atoms with Crippen molar-refractivity contribution in [3.8, 4) is 0 Å². The average molecular weight is 317 g/mol. The van der Waals surface area contributed by atoms with Gasteiger partial charge in [0.25, 0.3) is 0 Å². The first-order valence-corrected chi connectivity index (χ1v) is 10.1. The summed E-state index contributed by atoms with van der Waals surface area (Å²) in [6.07, 6.45) is 8.65. The highest BCUT2D eigenvalue weighted by Crippen LogP contribution is 2.47. The Bertz CT molecular complexity index is 449. The van der Waals surface area contributed by atoms with E-state index in [1.54, 1.807) is 4.31 Å². The zero-order valence-corrected chi connectivity index (χ0v) is 14.9. The molecule has 1 N–H and O–H groups in total. The van der Waals surface area contributed by atoms with Gasteiger partial charge in [0.2, 0.25) is 10.0 Å². The molecule has 1 aliphatic carbocycles. The van der Waals surface area contributed by atoms with Gasteiger partial charge < -0.3 is 5.32 Å². The van der Waals surface area contributed by atoms with Gasteiger partial charge in [-0.15, -0.1) is 0 Å². The minimum Gasteiger partial charge on any atom is -0.312 e. The second-order valence-electron chi connectivity index (χ2n) is 8.29. The number of rotatable bonds is 5. The molecule has 0 bridgehead atoms. The van der Waals surface area contributed by atoms with Crippen molar-refractivity contribution in [2.75, 3.05) is 25.9 Å². The minimum absolute atomic E-state index is 0.161. The molecule has 0 aromatic heterocycles. The van der Waals surface area contributed by atoms with E-state index in [4.69, 9.17) is 0 Å². The first kappa shape index (κ1) is 17.2. The largest absolute Gasteiger partial charge is 0.312 e. The molecule has 0 radical (unpaired) electrons. The normalized spacial score (nSPS) is 27.3. The first-order chi connectivity index (χ1) is 9.60. The van der Waals surface area contributed by atoms with Crippen molar-refractivity contribution >= 4 is 10.0 Å². The van der Waals surface area contributed by atoms with E-state index in [1.807, 2.05) is 0 Å². The smallest absolute Gasteiger partial charge is 0.211 e. The molecule has 0 aromatic carbocycles. The monoisotopic (exact) mass is 316 g/mol. The van der Waals surface area contributed by atoms with Crippen molar-refractivity contribution in [1.82, 2.24) is 9.62 Å². The molecular formula is C16H32N2O2S. The van der Waals surface area contributed by atoms with E-state index >= 15 is 0 Å². The van der Waals surface area contributed by atoms with Gasteiger partial charge in [-0.2, -0.15) is 0 Å². The zero-order valence-electron chi connectivity index (χ0n) is 14.1. The molecule has 0 amide bonds. The molecule has 2 aliphatic rings. The highest BCUT2D eigenvalue weighted by atomic mass is 32.2. The van der Waals surface area contributed by atoms with Crippen LogP contribution in [0.5, 0.6) is 0 Å². The molecule has 124 valence electrons. The minimum atomic E-state index is -3.02. The Morgan fingerprint density at radius 2 is 1.90 bits per heavy atom. The van der Waals surface area contributed by atoms with E-state index in [2.05, 4.69) is 26.1 Å². The Hall–Kier alpha value is -0.130. The predicted octanol–water partition coefficient (Wildman–Crippen LogP) is 2.61. The van der Waals surface area contributed by atoms with Gasteiger partial charge in [0.05, 0.1) is 6.26 Å². The van der Waals surface area contributed by atoms with Gasteiger partial charge in [-0.05, 0) is 64.2 Å². The van der Waals surface area contributed by atoms with Gasteiger partial charge in [-0.3, -0.25) is 0 Å². The van der Waals surface area contributed by atoms with Gasteiger partial charge in [0.1, 0.15) is 0 Å². The molecule has 21 heavy (non-hydrogen) atoms. The van der Waals surface area contributed by atoms with Crippen molar-refractivity contribution in [2.24, 2.45) is 11.3 Å². The molecule has 0 spiro atoms. The topological polar surface area (TPSA) is 49.4 Å². The Balaban J connectivity index is 1.92. The van der Waals surface area contributed by atoms with Gasteiger partial charge in [-0.1, -0.05) is 6.42 Å². The molecule has 1 atom stereocenters. The van der Waals surface area contributed by atoms with Crippen LogP contribution in [0, 0.1) is 11.3 Å². The second-order valence-corrected chi connectivity index (χ2v) is 10.3. The molecule has 2 rings (SSSR count). The molecule has 2 fully saturated rings. The van der Waals surface area contributed by atoms with Crippen LogP contribution in [0.2, 0.25) is 0 Å². The number of piperidine rings is 1. The summed E-state index contributed by atoms with van der Waals surface area (Å²) in [5.41, 5.74) is 0.576. The zero-order chi connectivity index (χ0) is 15.7. The summed E-state index contributed by atoms with van der Waals surface area (Å²) in [5, 5.41) is 3.66. The number of sulfonamides is 1. The van der Waals surface area contributed by atoms with Crippen LogP contribution in [0.15, 0.2) is 0 Å². The third-order valence-electron chi connectivity index (χ3n) is 5.08. The number of hydrogen-bond acceptors (Lipinski definition) is 3. The molecule has 1 aliphatic heterocycles. The first-order valence-electron chi connectivity index (χ1n) is 8.30. The maximum absolute atomic E-state index is 11.8. The SMILES string of the molecule is CC(C)(C)NCC1(CC2CCCN(S(C)(=O)=O)C2)CCC1. The summed E-state index contributed by atoms with van der Waals surface area (Å²) >= 11 is 0. The van der Waals surface area contributed by atoms with Crippen molar-refractivity contribution in [3.63, 3.8) is 0 Å². The fourth-order valence-corrected chi connectivity index (χ4v) is 4.63. The van der Waals surface area contributed by atoms with Crippen molar-refractivity contribution in [1.29, 1.82) is 0 Å². The predicted molar refractivity (Wildman–Crippen MR) is 87.8 cm³/mol. The van der Waals surface area contributed by atoms with Crippen LogP contribution < -0.4 is 5.32 Å². The van der Waals surface area contributed by atoms with Crippen LogP contribution in [-0.2, 0) is 10.0 Å². The molecule has 1 unspecified atom stereocenters. The lowest BCUT2D eigenvalue weighted by atomic mass is 9.63. The van der Waals surface area contributed by atoms with Crippen LogP contribution in [0.3, 0.4) is 0 Å². The van der Waals surface area contributed by atoms with Crippen LogP contribution in [0.25, 0.3) is 0 Å². The molecule has 1 saturated carbocycles. The van der Waals surface area contributed by atoms with Crippen molar-refractivity contribution in [2.45, 2.75) is 64.8 Å². The maximum Gasteiger partial charge on any atom is 0.211 e. The lowest BCUT2D eigenvalue weighted by Gasteiger charge is -2.47. The highest BCUT2D eigenvalue weighted by Gasteiger charge is 2.40. The van der Waals surface area contributed by atoms with Crippen LogP contribution in [0.4, 0.5) is 0 Å². The van der Waals surface area contributed by atoms with E-state index in [0.717, 1.165) is 19.5 Å². The summed E-state index contributed by atoms with van der Waals surface area (Å²) in [6.45, 7) is 9.16. The highest BCUT2D eigenvalue weighted by molar-refractivity contribution is 7.88. The van der Waals surface area contributed by atoms with Crippen LogP contribution in [0.1, 0.15) is 59.3 Å². The molecular weight excluding hydrogens is 284 g/mol. The van der Waals surface area contributed by atoms with Crippen LogP contribution >= 0.6 is 0 Å². The average Bonchev–Trinajstić information content (AvgIpc) is 2.30. The van der Waals surface area contributed by atoms with Crippen molar-refractivity contribution in [3.05, 3.63) is 0 Å². The number of nitrogens with zero attached hydrogens (tertiary/aromatic N) is 1. The van der Waals surface area contributed by atoms with E-state index < -0.39 is 10.0 Å². The quantitative estimate of drug-likeness (QED) is 0.848. The van der Waals surface area contributed by atoms with Gasteiger partial charge >= 0.3 is 0 Å². The summed E-state index contributed by atoms with van der Waals surface area (Å²) in [6, 6.07) is 0. The molecule has 5 heteroatoms. The van der Waals surface area contributed by atoms with Crippen molar-refractivity contribution < 1.29 is 8.42 Å². The molecule has 1 saturated heterocycles. The van der Waals surface area contributed by atoms with Crippen LogP contribution in [-0.4, -0.2) is 44.2 Å². The summed E-state index contributed by atoms with van der Waals surface area (Å²) in [4.78, 5) is 0. The molecule has 4 nitrogen and oxygen atoms in total. The maximum atomic E-state index is 11.8. The Morgan fingerprint density at radius 3 is 2.38 bits per heavy atom. The third-order valence-corrected chi connectivity index (χ3v) is 6.35. The molecule has 0 aromatic rings. The fourth-order valence-electron chi connectivity index (χ4n) is 3.69. The third kappa shape index (κ3) is 4.93. The number of nitrogens with one attached hydrogen (secondary N) is 1. The van der Waals surface area contributed by atoms with Gasteiger partial charge in [0, 0.05) is 25.2 Å². The van der Waals surface area contributed by atoms with E-state index in [9.17, 15) is 8.42 Å². The lowest BCUT2D eigenvalue weighted by Crippen LogP contribution is -2.49. The summed E-state index contributed by atoms with van der Waals surface area (Å²) < 4.78 is 25.2. The van der Waals surface area contributed by atoms with E-state index in [-0.39, 0.29) is 5.54 Å². The van der Waals surface area contributed by atoms with Gasteiger partial charge in [-0.25, -0.2) is 12.7 Å². The fraction of sp³-hybridized carbons (Fsp3) is 1.00. The standard InChI is InChI=1S/C16H32N2O2S/c1-15(2,3)17-13-16(8-6-9-16)11-14-7-5-10-18(12-14)21(4,19)20/h14,17H,5-13H2,1-4H3. The second kappa shape index (κ2) is 6.17. The van der Waals surface area contributed by atoms with E-state index in [0.29, 0.717) is 17.9 Å². The number of hydrogen-bond donors (Lipinski definition) is 1. The molecule has 1 heterocycles. The van der Waals surface area contributed by atoms with Gasteiger partial charge in [0.15, 0.2) is 0 Å². The Morgan fingerprint density at radius 1 is 1.24 bits per heavy atom.